The maximum absolute atomic E-state index is 14.9. The molecule has 6 saturated carbocycles. The molecule has 11 atom stereocenters. The number of aliphatic hydroxyl groups excluding tert-OH is 1. The molecule has 1 heterocycles. The molecule has 8 heteroatoms. The molecular weight excluding hydrogens is 701 g/mol. The maximum Gasteiger partial charge on any atom is 0.305 e. The van der Waals surface area contributed by atoms with E-state index in [0.717, 1.165) is 103 Å². The molecule has 2 amide bonds. The number of ketones is 1. The Hall–Kier alpha value is -1.96. The lowest BCUT2D eigenvalue weighted by molar-refractivity contribution is -0.244. The Morgan fingerprint density at radius 1 is 0.768 bits per heavy atom. The van der Waals surface area contributed by atoms with Gasteiger partial charge in [-0.05, 0) is 134 Å². The van der Waals surface area contributed by atoms with E-state index in [0.29, 0.717) is 42.9 Å². The van der Waals surface area contributed by atoms with Crippen molar-refractivity contribution in [1.82, 2.24) is 10.2 Å². The summed E-state index contributed by atoms with van der Waals surface area (Å²) >= 11 is 0. The summed E-state index contributed by atoms with van der Waals surface area (Å²) in [6.45, 7) is 17.3. The van der Waals surface area contributed by atoms with Gasteiger partial charge in [-0.1, -0.05) is 87.0 Å². The highest BCUT2D eigenvalue weighted by atomic mass is 16.4. The molecule has 7 aliphatic rings. The third kappa shape index (κ3) is 7.01. The van der Waals surface area contributed by atoms with E-state index >= 15 is 0 Å². The van der Waals surface area contributed by atoms with Gasteiger partial charge in [-0.2, -0.15) is 0 Å². The van der Waals surface area contributed by atoms with Crippen LogP contribution in [0.15, 0.2) is 0 Å². The third-order valence-electron chi connectivity index (χ3n) is 19.1. The van der Waals surface area contributed by atoms with Crippen LogP contribution in [0, 0.1) is 62.1 Å². The monoisotopic (exact) mass is 779 g/mol. The average Bonchev–Trinajstić information content (AvgIpc) is 3.85. The van der Waals surface area contributed by atoms with Gasteiger partial charge in [0, 0.05) is 25.3 Å². The van der Waals surface area contributed by atoms with E-state index in [4.69, 9.17) is 0 Å². The van der Waals surface area contributed by atoms with E-state index < -0.39 is 11.4 Å². The van der Waals surface area contributed by atoms with Crippen molar-refractivity contribution in [1.29, 1.82) is 0 Å². The highest BCUT2D eigenvalue weighted by molar-refractivity contribution is 5.88. The first-order valence-corrected chi connectivity index (χ1v) is 23.3. The van der Waals surface area contributed by atoms with Crippen molar-refractivity contribution in [2.75, 3.05) is 6.54 Å². The maximum atomic E-state index is 14.9. The lowest BCUT2D eigenvalue weighted by Crippen LogP contribution is -2.70. The lowest BCUT2D eigenvalue weighted by atomic mass is 9.31. The summed E-state index contributed by atoms with van der Waals surface area (Å²) in [6.07, 6.45) is 20.1. The molecule has 6 aliphatic carbocycles. The van der Waals surface area contributed by atoms with Crippen LogP contribution >= 0.6 is 0 Å². The van der Waals surface area contributed by atoms with Crippen molar-refractivity contribution in [3.8, 4) is 0 Å². The smallest absolute Gasteiger partial charge is 0.305 e. The second-order valence-corrected chi connectivity index (χ2v) is 22.8. The number of fused-ring (bicyclic) bond motifs is 7. The normalized spacial score (nSPS) is 42.8. The number of carboxylic acids is 1. The number of aliphatic hydroxyl groups is 1. The summed E-state index contributed by atoms with van der Waals surface area (Å²) in [7, 11) is 0. The summed E-state index contributed by atoms with van der Waals surface area (Å²) in [5.74, 6) is 1.09. The molecule has 0 aromatic heterocycles. The molecular formula is C48H78N2O6. The minimum atomic E-state index is -0.810. The quantitative estimate of drug-likeness (QED) is 0.134. The van der Waals surface area contributed by atoms with Gasteiger partial charge in [0.25, 0.3) is 0 Å². The van der Waals surface area contributed by atoms with Crippen molar-refractivity contribution in [2.45, 2.75) is 208 Å². The van der Waals surface area contributed by atoms with Crippen molar-refractivity contribution >= 4 is 23.6 Å². The Morgan fingerprint density at radius 2 is 1.45 bits per heavy atom. The number of carbonyl (C=O) groups excluding carboxylic acids is 3. The number of carbonyl (C=O) groups is 4. The highest BCUT2D eigenvalue weighted by Crippen LogP contribution is 2.76. The summed E-state index contributed by atoms with van der Waals surface area (Å²) in [6, 6.07) is 0.0214. The highest BCUT2D eigenvalue weighted by Gasteiger charge is 2.73. The molecule has 1 unspecified atom stereocenters. The molecule has 316 valence electrons. The lowest BCUT2D eigenvalue weighted by Gasteiger charge is -2.72. The minimum absolute atomic E-state index is 0.0251. The largest absolute Gasteiger partial charge is 0.481 e. The Labute approximate surface area is 338 Å². The predicted octanol–water partition coefficient (Wildman–Crippen LogP) is 9.50. The van der Waals surface area contributed by atoms with Crippen molar-refractivity contribution < 1.29 is 29.4 Å². The molecule has 0 radical (unpaired) electrons. The second-order valence-electron chi connectivity index (χ2n) is 22.8. The summed E-state index contributed by atoms with van der Waals surface area (Å²) in [5, 5.41) is 24.0. The molecule has 56 heavy (non-hydrogen) atoms. The fourth-order valence-corrected chi connectivity index (χ4v) is 15.6. The van der Waals surface area contributed by atoms with Gasteiger partial charge in [0.1, 0.15) is 5.78 Å². The zero-order valence-corrected chi connectivity index (χ0v) is 36.4. The molecule has 8 nitrogen and oxygen atoms in total. The Kier molecular flexibility index (Phi) is 11.5. The Morgan fingerprint density at radius 3 is 2.16 bits per heavy atom. The van der Waals surface area contributed by atoms with E-state index in [9.17, 15) is 29.4 Å². The van der Waals surface area contributed by atoms with Crippen LogP contribution in [0.3, 0.4) is 0 Å². The molecule has 1 aliphatic heterocycles. The molecule has 7 fully saturated rings. The Bertz CT molecular complexity index is 1520. The molecule has 0 aromatic rings. The SMILES string of the molecule is CC1(C)CC[C@]2(C(=O)NCCCCCCCC(=O)N3[C@@H](CC(=O)O)[C@@H]3C3CCCCC3)CC[C@]3(C)C(C(=O)C[C@@H]4[C@@]5(C)CC[C@H](O)C(C)(C)[C@@H]5CC[C@]43C)[C@@H]2C1. The van der Waals surface area contributed by atoms with E-state index in [1.807, 2.05) is 4.90 Å². The molecule has 0 aromatic carbocycles. The minimum Gasteiger partial charge on any atom is -0.481 e. The predicted molar refractivity (Wildman–Crippen MR) is 219 cm³/mol. The number of nitrogens with zero attached hydrogens (tertiary/aromatic N) is 1. The topological polar surface area (TPSA) is 124 Å². The van der Waals surface area contributed by atoms with Crippen LogP contribution < -0.4 is 5.32 Å². The van der Waals surface area contributed by atoms with Crippen LogP contribution in [-0.4, -0.2) is 63.4 Å². The fraction of sp³-hybridized carbons (Fsp3) is 0.917. The van der Waals surface area contributed by atoms with Gasteiger partial charge in [0.15, 0.2) is 0 Å². The number of hydrogen-bond acceptors (Lipinski definition) is 5. The summed E-state index contributed by atoms with van der Waals surface area (Å²) in [4.78, 5) is 56.0. The van der Waals surface area contributed by atoms with Gasteiger partial charge >= 0.3 is 5.97 Å². The van der Waals surface area contributed by atoms with Gasteiger partial charge in [0.05, 0.1) is 30.0 Å². The van der Waals surface area contributed by atoms with E-state index in [2.05, 4.69) is 53.8 Å². The first-order chi connectivity index (χ1) is 26.3. The van der Waals surface area contributed by atoms with Crippen LogP contribution in [0.5, 0.6) is 0 Å². The zero-order valence-electron chi connectivity index (χ0n) is 36.4. The van der Waals surface area contributed by atoms with Crippen molar-refractivity contribution in [2.24, 2.45) is 62.1 Å². The van der Waals surface area contributed by atoms with Gasteiger partial charge in [-0.3, -0.25) is 19.2 Å². The number of carboxylic acid groups (broad SMARTS) is 1. The summed E-state index contributed by atoms with van der Waals surface area (Å²) < 4.78 is 0. The van der Waals surface area contributed by atoms with E-state index in [-0.39, 0.29) is 75.3 Å². The molecule has 0 spiro atoms. The zero-order chi connectivity index (χ0) is 40.5. The molecule has 0 bridgehead atoms. The number of Topliss-reactive ketones (excluding diaryl/α,β-unsaturated/α-hetero) is 1. The number of amides is 2. The van der Waals surface area contributed by atoms with Crippen LogP contribution in [0.2, 0.25) is 0 Å². The van der Waals surface area contributed by atoms with Crippen LogP contribution in [0.1, 0.15) is 190 Å². The number of hydrogen-bond donors (Lipinski definition) is 3. The van der Waals surface area contributed by atoms with Gasteiger partial charge in [-0.25, -0.2) is 0 Å². The molecule has 3 N–H and O–H groups in total. The van der Waals surface area contributed by atoms with Crippen molar-refractivity contribution in [3.05, 3.63) is 0 Å². The van der Waals surface area contributed by atoms with Gasteiger partial charge in [-0.15, -0.1) is 0 Å². The fourth-order valence-electron chi connectivity index (χ4n) is 15.6. The number of aliphatic carboxylic acids is 1. The number of unbranched alkanes of at least 4 members (excludes halogenated alkanes) is 4. The molecule has 1 saturated heterocycles. The summed E-state index contributed by atoms with van der Waals surface area (Å²) in [5.41, 5.74) is -0.619. The first kappa shape index (κ1) is 42.2. The van der Waals surface area contributed by atoms with Gasteiger partial charge in [0.2, 0.25) is 11.8 Å². The van der Waals surface area contributed by atoms with Crippen LogP contribution in [0.4, 0.5) is 0 Å². The number of nitrogens with one attached hydrogen (secondary N) is 1. The third-order valence-corrected chi connectivity index (χ3v) is 19.1. The Balaban J connectivity index is 0.938. The van der Waals surface area contributed by atoms with Crippen molar-refractivity contribution in [3.63, 3.8) is 0 Å². The second kappa shape index (κ2) is 15.3. The average molecular weight is 779 g/mol. The van der Waals surface area contributed by atoms with Crippen LogP contribution in [0.25, 0.3) is 0 Å². The first-order valence-electron chi connectivity index (χ1n) is 23.3. The van der Waals surface area contributed by atoms with E-state index in [1.54, 1.807) is 0 Å². The van der Waals surface area contributed by atoms with Crippen LogP contribution in [-0.2, 0) is 19.2 Å². The van der Waals surface area contributed by atoms with E-state index in [1.165, 1.54) is 19.3 Å². The van der Waals surface area contributed by atoms with Gasteiger partial charge < -0.3 is 20.4 Å². The number of rotatable bonds is 12. The standard InChI is InChI=1S/C48H78N2O6/c1-43(2)23-25-48(42(56)49-27-15-10-8-9-14-18-38(53)50-33(28-39(54)55)41(50)31-16-12-11-13-17-31)26-24-47(7)40(32(48)30-43)34(51)29-36-45(5)21-20-37(52)44(3,4)35(45)19-22-46(36,47)6/h31-33,35-37,40-41,52H,8-30H2,1-7H3,(H,49,56)(H,54,55)/t32-,33-,35-,36+,37-,40?,41-,45-,46+,47+,48-,50?/m0/s1. The molecule has 7 rings (SSSR count).